The molecule has 108 valence electrons. The van der Waals surface area contributed by atoms with Crippen LogP contribution in [0.5, 0.6) is 0 Å². The van der Waals surface area contributed by atoms with Gasteiger partial charge >= 0.3 is 0 Å². The van der Waals surface area contributed by atoms with Gasteiger partial charge in [-0.2, -0.15) is 0 Å². The molecule has 2 nitrogen and oxygen atoms in total. The van der Waals surface area contributed by atoms with Crippen molar-refractivity contribution in [2.75, 3.05) is 0 Å². The number of rotatable bonds is 4. The summed E-state index contributed by atoms with van der Waals surface area (Å²) in [6.45, 7) is 7.88. The van der Waals surface area contributed by atoms with Crippen LogP contribution in [0, 0.1) is 5.92 Å². The van der Waals surface area contributed by atoms with Crippen molar-refractivity contribution < 1.29 is 9.59 Å². The fourth-order valence-electron chi connectivity index (χ4n) is 2.74. The maximum absolute atomic E-state index is 12.2. The minimum Gasteiger partial charge on any atom is -0.299 e. The minimum absolute atomic E-state index is 0.193. The summed E-state index contributed by atoms with van der Waals surface area (Å²) in [5.74, 6) is 0.401. The summed E-state index contributed by atoms with van der Waals surface area (Å²) in [4.78, 5) is 22.8. The molecule has 1 aliphatic carbocycles. The largest absolute Gasteiger partial charge is 0.299 e. The molecular weight excluding hydrogens is 260 g/mol. The van der Waals surface area contributed by atoms with E-state index in [1.54, 1.807) is 6.08 Å². The lowest BCUT2D eigenvalue weighted by atomic mass is 9.77. The molecule has 0 fully saturated rings. The van der Waals surface area contributed by atoms with Crippen LogP contribution in [-0.4, -0.2) is 12.1 Å². The zero-order valence-corrected chi connectivity index (χ0v) is 12.6. The molecule has 1 aliphatic rings. The zero-order valence-electron chi connectivity index (χ0n) is 12.6. The molecular formula is C19H20O2. The predicted molar refractivity (Wildman–Crippen MR) is 86.7 cm³/mol. The van der Waals surface area contributed by atoms with E-state index in [4.69, 9.17) is 0 Å². The second-order valence-electron chi connectivity index (χ2n) is 5.56. The van der Waals surface area contributed by atoms with E-state index in [0.29, 0.717) is 6.42 Å². The quantitative estimate of drug-likeness (QED) is 0.470. The fourth-order valence-corrected chi connectivity index (χ4v) is 2.74. The van der Waals surface area contributed by atoms with Crippen molar-refractivity contribution in [1.29, 1.82) is 0 Å². The Labute approximate surface area is 125 Å². The van der Waals surface area contributed by atoms with Gasteiger partial charge in [0.2, 0.25) is 0 Å². The molecule has 0 N–H and O–H groups in total. The van der Waals surface area contributed by atoms with E-state index < -0.39 is 0 Å². The fraction of sp³-hybridized carbons (Fsp3) is 0.263. The van der Waals surface area contributed by atoms with Crippen LogP contribution >= 0.6 is 0 Å². The van der Waals surface area contributed by atoms with Gasteiger partial charge in [0.25, 0.3) is 0 Å². The Balaban J connectivity index is 2.51. The average molecular weight is 280 g/mol. The number of hydrogen-bond acceptors (Lipinski definition) is 2. The maximum Gasteiger partial charge on any atom is 0.159 e. The van der Waals surface area contributed by atoms with Gasteiger partial charge in [-0.25, -0.2) is 0 Å². The van der Waals surface area contributed by atoms with Gasteiger partial charge in [0, 0.05) is 6.42 Å². The molecule has 1 atom stereocenters. The van der Waals surface area contributed by atoms with E-state index in [2.05, 4.69) is 6.58 Å². The van der Waals surface area contributed by atoms with Gasteiger partial charge in [-0.3, -0.25) is 9.59 Å². The van der Waals surface area contributed by atoms with Crippen molar-refractivity contribution in [2.24, 2.45) is 5.92 Å². The maximum atomic E-state index is 12.2. The monoisotopic (exact) mass is 280 g/mol. The smallest absolute Gasteiger partial charge is 0.159 e. The summed E-state index contributed by atoms with van der Waals surface area (Å²) in [7, 11) is 0. The number of carbonyl (C=O) groups is 2. The molecule has 0 aromatic heterocycles. The number of ketones is 1. The van der Waals surface area contributed by atoms with Crippen molar-refractivity contribution in [3.63, 3.8) is 0 Å². The molecule has 0 radical (unpaired) electrons. The third kappa shape index (κ3) is 3.27. The minimum atomic E-state index is 0.193. The Hall–Kier alpha value is -2.22. The lowest BCUT2D eigenvalue weighted by Crippen LogP contribution is -2.18. The van der Waals surface area contributed by atoms with Gasteiger partial charge < -0.3 is 0 Å². The number of benzene rings is 1. The first-order valence-corrected chi connectivity index (χ1v) is 7.14. The third-order valence-corrected chi connectivity index (χ3v) is 4.09. The number of allylic oxidation sites excluding steroid dienone is 4. The van der Waals surface area contributed by atoms with E-state index in [1.165, 1.54) is 6.08 Å². The van der Waals surface area contributed by atoms with Gasteiger partial charge in [-0.1, -0.05) is 42.5 Å². The van der Waals surface area contributed by atoms with Gasteiger partial charge in [0.05, 0.1) is 0 Å². The van der Waals surface area contributed by atoms with Gasteiger partial charge in [0.1, 0.15) is 6.29 Å². The normalized spacial score (nSPS) is 19.1. The summed E-state index contributed by atoms with van der Waals surface area (Å²) in [5, 5.41) is 0. The van der Waals surface area contributed by atoms with Gasteiger partial charge in [0.15, 0.2) is 5.78 Å². The molecule has 2 heteroatoms. The summed E-state index contributed by atoms with van der Waals surface area (Å²) in [6.07, 6.45) is 5.42. The van der Waals surface area contributed by atoms with E-state index >= 15 is 0 Å². The van der Waals surface area contributed by atoms with Crippen molar-refractivity contribution in [2.45, 2.75) is 26.7 Å². The highest BCUT2D eigenvalue weighted by molar-refractivity contribution is 6.04. The summed E-state index contributed by atoms with van der Waals surface area (Å²) in [6, 6.07) is 7.87. The zero-order chi connectivity index (χ0) is 15.4. The van der Waals surface area contributed by atoms with Crippen molar-refractivity contribution in [3.05, 3.63) is 59.2 Å². The lowest BCUT2D eigenvalue weighted by molar-refractivity contribution is -0.116. The Morgan fingerprint density at radius 1 is 1.29 bits per heavy atom. The van der Waals surface area contributed by atoms with Crippen LogP contribution in [0.15, 0.2) is 48.1 Å². The first-order valence-electron chi connectivity index (χ1n) is 7.14. The number of Topliss-reactive ketones (excluding diaryl/α,β-unsaturated/α-hetero) is 1. The van der Waals surface area contributed by atoms with Gasteiger partial charge in [-0.05, 0) is 54.5 Å². The SMILES string of the molecule is C=C(C)C1CC(=O)C(C)=C(c2ccccc2/C=C/C=O)C1. The summed E-state index contributed by atoms with van der Waals surface area (Å²) < 4.78 is 0. The summed E-state index contributed by atoms with van der Waals surface area (Å²) in [5.41, 5.74) is 4.96. The van der Waals surface area contributed by atoms with Crippen LogP contribution in [-0.2, 0) is 9.59 Å². The van der Waals surface area contributed by atoms with Crippen LogP contribution in [0.2, 0.25) is 0 Å². The number of aldehydes is 1. The van der Waals surface area contributed by atoms with Crippen molar-refractivity contribution in [3.8, 4) is 0 Å². The highest BCUT2D eigenvalue weighted by Crippen LogP contribution is 2.37. The molecule has 2 rings (SSSR count). The Morgan fingerprint density at radius 3 is 2.67 bits per heavy atom. The molecule has 1 aromatic rings. The molecule has 0 bridgehead atoms. The molecule has 0 aliphatic heterocycles. The third-order valence-electron chi connectivity index (χ3n) is 4.09. The molecule has 21 heavy (non-hydrogen) atoms. The number of hydrogen-bond donors (Lipinski definition) is 0. The Morgan fingerprint density at radius 2 is 2.00 bits per heavy atom. The first kappa shape index (κ1) is 15.2. The molecule has 1 aromatic carbocycles. The van der Waals surface area contributed by atoms with Crippen LogP contribution in [0.4, 0.5) is 0 Å². The van der Waals surface area contributed by atoms with Crippen LogP contribution in [0.25, 0.3) is 11.6 Å². The van der Waals surface area contributed by atoms with Crippen molar-refractivity contribution in [1.82, 2.24) is 0 Å². The van der Waals surface area contributed by atoms with E-state index in [0.717, 1.165) is 40.6 Å². The van der Waals surface area contributed by atoms with E-state index in [1.807, 2.05) is 38.1 Å². The molecule has 0 saturated carbocycles. The molecule has 1 unspecified atom stereocenters. The standard InChI is InChI=1S/C19H20O2/c1-13(2)16-11-18(14(3)19(21)12-16)17-9-5-4-7-15(17)8-6-10-20/h4-10,16H,1,11-12H2,2-3H3/b8-6+. The highest BCUT2D eigenvalue weighted by atomic mass is 16.1. The molecule has 0 spiro atoms. The van der Waals surface area contributed by atoms with Crippen LogP contribution in [0.1, 0.15) is 37.8 Å². The molecule has 0 heterocycles. The predicted octanol–water partition coefficient (Wildman–Crippen LogP) is 4.23. The summed E-state index contributed by atoms with van der Waals surface area (Å²) >= 11 is 0. The topological polar surface area (TPSA) is 34.1 Å². The molecule has 0 saturated heterocycles. The second kappa shape index (κ2) is 6.49. The Bertz CT molecular complexity index is 647. The highest BCUT2D eigenvalue weighted by Gasteiger charge is 2.26. The van der Waals surface area contributed by atoms with Gasteiger partial charge in [-0.15, -0.1) is 0 Å². The first-order chi connectivity index (χ1) is 10.0. The second-order valence-corrected chi connectivity index (χ2v) is 5.56. The van der Waals surface area contributed by atoms with Crippen molar-refractivity contribution >= 4 is 23.7 Å². The van der Waals surface area contributed by atoms with E-state index in [-0.39, 0.29) is 11.7 Å². The van der Waals surface area contributed by atoms with Crippen LogP contribution in [0.3, 0.4) is 0 Å². The number of carbonyl (C=O) groups excluding carboxylic acids is 2. The van der Waals surface area contributed by atoms with Crippen LogP contribution < -0.4 is 0 Å². The molecule has 0 amide bonds. The lowest BCUT2D eigenvalue weighted by Gasteiger charge is -2.26. The Kier molecular flexibility index (Phi) is 4.69. The average Bonchev–Trinajstić information content (AvgIpc) is 2.48. The van der Waals surface area contributed by atoms with E-state index in [9.17, 15) is 9.59 Å².